The third-order valence-electron chi connectivity index (χ3n) is 7.70. The molecule has 0 spiro atoms. The number of aromatic hydroxyl groups is 1. The minimum atomic E-state index is -0.248. The van der Waals surface area contributed by atoms with Crippen molar-refractivity contribution in [3.8, 4) is 17.2 Å². The summed E-state index contributed by atoms with van der Waals surface area (Å²) in [7, 11) is 0. The summed E-state index contributed by atoms with van der Waals surface area (Å²) in [5, 5.41) is 10.1. The monoisotopic (exact) mass is 543 g/mol. The van der Waals surface area contributed by atoms with Gasteiger partial charge in [-0.15, -0.1) is 0 Å². The van der Waals surface area contributed by atoms with Gasteiger partial charge in [-0.25, -0.2) is 0 Å². The number of ether oxygens (including phenoxy) is 2. The molecule has 4 nitrogen and oxygen atoms in total. The van der Waals surface area contributed by atoms with Gasteiger partial charge in [-0.2, -0.15) is 0 Å². The van der Waals surface area contributed by atoms with Gasteiger partial charge >= 0.3 is 0 Å². The van der Waals surface area contributed by atoms with Gasteiger partial charge in [-0.3, -0.25) is 4.90 Å². The van der Waals surface area contributed by atoms with Crippen molar-refractivity contribution in [1.82, 2.24) is 4.90 Å². The summed E-state index contributed by atoms with van der Waals surface area (Å²) < 4.78 is 12.8. The molecule has 0 amide bonds. The highest BCUT2D eigenvalue weighted by Gasteiger charge is 2.30. The second-order valence-corrected chi connectivity index (χ2v) is 10.7. The smallest absolute Gasteiger partial charge is 0.150 e. The van der Waals surface area contributed by atoms with Crippen LogP contribution in [0, 0.1) is 19.8 Å². The number of benzene rings is 3. The van der Waals surface area contributed by atoms with Crippen LogP contribution in [-0.2, 0) is 0 Å². The number of hydrogen-bond donors (Lipinski definition) is 1. The first-order chi connectivity index (χ1) is 19.3. The number of phenolic OH excluding ortho intramolecular Hbond substituents is 1. The van der Waals surface area contributed by atoms with Crippen LogP contribution >= 0.6 is 0 Å². The second-order valence-electron chi connectivity index (χ2n) is 10.7. The Balaban J connectivity index is 0.00000106. The van der Waals surface area contributed by atoms with Crippen molar-refractivity contribution in [2.45, 2.75) is 80.9 Å². The highest BCUT2D eigenvalue weighted by molar-refractivity contribution is 5.96. The van der Waals surface area contributed by atoms with E-state index in [-0.39, 0.29) is 11.9 Å². The molecule has 4 heteroatoms. The molecule has 5 rings (SSSR count). The Labute approximate surface area is 242 Å². The van der Waals surface area contributed by atoms with Crippen molar-refractivity contribution < 1.29 is 14.6 Å². The van der Waals surface area contributed by atoms with Crippen molar-refractivity contribution >= 4 is 11.1 Å². The lowest BCUT2D eigenvalue weighted by Gasteiger charge is -2.32. The molecule has 0 bridgehead atoms. The van der Waals surface area contributed by atoms with Crippen molar-refractivity contribution in [2.75, 3.05) is 19.7 Å². The Morgan fingerprint density at radius 1 is 0.925 bits per heavy atom. The number of phenols is 1. The van der Waals surface area contributed by atoms with Gasteiger partial charge in [0.25, 0.3) is 0 Å². The molecule has 0 saturated carbocycles. The normalized spacial score (nSPS) is 18.9. The molecule has 3 aromatic carbocycles. The lowest BCUT2D eigenvalue weighted by atomic mass is 9.84. The zero-order chi connectivity index (χ0) is 29.4. The van der Waals surface area contributed by atoms with E-state index in [1.807, 2.05) is 33.8 Å². The maximum atomic E-state index is 10.1. The molecule has 40 heavy (non-hydrogen) atoms. The Bertz CT molecular complexity index is 1280. The number of rotatable bonds is 6. The summed E-state index contributed by atoms with van der Waals surface area (Å²) in [4.78, 5) is 2.52. The van der Waals surface area contributed by atoms with E-state index in [1.165, 1.54) is 23.1 Å². The first-order valence-corrected chi connectivity index (χ1v) is 15.1. The molecular weight excluding hydrogens is 494 g/mol. The van der Waals surface area contributed by atoms with Crippen LogP contribution in [-0.4, -0.2) is 35.7 Å². The molecule has 1 saturated heterocycles. The fraction of sp³-hybridized carbons (Fsp3) is 0.444. The highest BCUT2D eigenvalue weighted by atomic mass is 16.5. The van der Waals surface area contributed by atoms with Gasteiger partial charge in [0.1, 0.15) is 30.0 Å². The first kappa shape index (κ1) is 31.3. The minimum absolute atomic E-state index is 0.245. The van der Waals surface area contributed by atoms with E-state index in [1.54, 1.807) is 12.1 Å². The van der Waals surface area contributed by atoms with Gasteiger partial charge in [0, 0.05) is 23.7 Å². The molecular formula is C36H49NO3. The quantitative estimate of drug-likeness (QED) is 0.336. The van der Waals surface area contributed by atoms with E-state index in [0.29, 0.717) is 12.6 Å². The Hall–Kier alpha value is -3.24. The average molecular weight is 544 g/mol. The van der Waals surface area contributed by atoms with E-state index < -0.39 is 0 Å². The van der Waals surface area contributed by atoms with Gasteiger partial charge in [0.15, 0.2) is 0 Å². The predicted octanol–water partition coefficient (Wildman–Crippen LogP) is 9.23. The SMILES string of the molecule is CC.CC.CC1=C(c2ccc(C)cc2C)C(c2ccc(OCC(C)N3CCC(C)C3)cc2)Oc2ccc(O)cc21. The van der Waals surface area contributed by atoms with E-state index in [9.17, 15) is 5.11 Å². The van der Waals surface area contributed by atoms with E-state index in [4.69, 9.17) is 9.47 Å². The van der Waals surface area contributed by atoms with Gasteiger partial charge in [0.2, 0.25) is 0 Å². The van der Waals surface area contributed by atoms with Crippen LogP contribution in [0.15, 0.2) is 60.7 Å². The zero-order valence-electron chi connectivity index (χ0n) is 26.0. The van der Waals surface area contributed by atoms with Crippen molar-refractivity contribution in [3.05, 3.63) is 88.5 Å². The first-order valence-electron chi connectivity index (χ1n) is 15.1. The maximum absolute atomic E-state index is 10.1. The molecule has 3 aromatic rings. The van der Waals surface area contributed by atoms with E-state index in [0.717, 1.165) is 52.8 Å². The predicted molar refractivity (Wildman–Crippen MR) is 169 cm³/mol. The summed E-state index contributed by atoms with van der Waals surface area (Å²) in [5.41, 5.74) is 7.90. The number of nitrogens with zero attached hydrogens (tertiary/aromatic N) is 1. The van der Waals surface area contributed by atoms with Crippen LogP contribution in [0.5, 0.6) is 17.2 Å². The molecule has 2 heterocycles. The zero-order valence-corrected chi connectivity index (χ0v) is 26.0. The Kier molecular flexibility index (Phi) is 11.3. The third kappa shape index (κ3) is 7.09. The molecule has 1 fully saturated rings. The molecule has 0 aromatic heterocycles. The summed E-state index contributed by atoms with van der Waals surface area (Å²) >= 11 is 0. The third-order valence-corrected chi connectivity index (χ3v) is 7.70. The Morgan fingerprint density at radius 2 is 1.62 bits per heavy atom. The Morgan fingerprint density at radius 3 is 2.25 bits per heavy atom. The number of hydrogen-bond acceptors (Lipinski definition) is 4. The van der Waals surface area contributed by atoms with Crippen LogP contribution < -0.4 is 9.47 Å². The largest absolute Gasteiger partial charge is 0.508 e. The molecule has 0 aliphatic carbocycles. The number of aryl methyl sites for hydroxylation is 2. The van der Waals surface area contributed by atoms with E-state index >= 15 is 0 Å². The molecule has 3 atom stereocenters. The van der Waals surface area contributed by atoms with Crippen LogP contribution in [0.2, 0.25) is 0 Å². The summed E-state index contributed by atoms with van der Waals surface area (Å²) in [6.07, 6.45) is 1.03. The fourth-order valence-electron chi connectivity index (χ4n) is 5.57. The second kappa shape index (κ2) is 14.4. The fourth-order valence-corrected chi connectivity index (χ4v) is 5.57. The molecule has 216 valence electrons. The van der Waals surface area contributed by atoms with E-state index in [2.05, 4.69) is 82.0 Å². The number of likely N-dealkylation sites (tertiary alicyclic amines) is 1. The van der Waals surface area contributed by atoms with Crippen molar-refractivity contribution in [3.63, 3.8) is 0 Å². The van der Waals surface area contributed by atoms with Crippen LogP contribution in [0.25, 0.3) is 11.1 Å². The average Bonchev–Trinajstić information content (AvgIpc) is 3.41. The summed E-state index contributed by atoms with van der Waals surface area (Å²) in [5.74, 6) is 2.69. The van der Waals surface area contributed by atoms with Crippen molar-refractivity contribution in [1.29, 1.82) is 0 Å². The summed E-state index contributed by atoms with van der Waals surface area (Å²) in [6, 6.07) is 20.6. The van der Waals surface area contributed by atoms with Gasteiger partial charge in [-0.1, -0.05) is 70.5 Å². The minimum Gasteiger partial charge on any atom is -0.508 e. The van der Waals surface area contributed by atoms with Crippen LogP contribution in [0.3, 0.4) is 0 Å². The molecule has 2 aliphatic heterocycles. The number of allylic oxidation sites excluding steroid dienone is 1. The standard InChI is InChI=1S/C32H37NO3.2C2H6/c1-20-6-12-28(22(3)16-20)31-24(5)29-17-26(34)9-13-30(29)36-32(31)25-7-10-27(11-8-25)35-19-23(4)33-15-14-21(2)18-33;2*1-2/h6-13,16-17,21,23,32,34H,14-15,18-19H2,1-5H3;2*1-2H3. The van der Waals surface area contributed by atoms with Gasteiger partial charge < -0.3 is 14.6 Å². The highest BCUT2D eigenvalue weighted by Crippen LogP contribution is 2.48. The van der Waals surface area contributed by atoms with Crippen LogP contribution in [0.4, 0.5) is 0 Å². The molecule has 0 radical (unpaired) electrons. The topological polar surface area (TPSA) is 41.9 Å². The molecule has 3 unspecified atom stereocenters. The van der Waals surface area contributed by atoms with Gasteiger partial charge in [-0.05, 0) is 99.2 Å². The molecule has 2 aliphatic rings. The summed E-state index contributed by atoms with van der Waals surface area (Å²) in [6.45, 7) is 22.0. The lowest BCUT2D eigenvalue weighted by molar-refractivity contribution is 0.169. The number of fused-ring (bicyclic) bond motifs is 1. The maximum Gasteiger partial charge on any atom is 0.150 e. The van der Waals surface area contributed by atoms with Gasteiger partial charge in [0.05, 0.1) is 0 Å². The van der Waals surface area contributed by atoms with Crippen molar-refractivity contribution in [2.24, 2.45) is 5.92 Å². The molecule has 1 N–H and O–H groups in total. The lowest BCUT2D eigenvalue weighted by Crippen LogP contribution is -2.35. The van der Waals surface area contributed by atoms with Crippen LogP contribution in [0.1, 0.15) is 88.8 Å².